The third kappa shape index (κ3) is 4.98. The van der Waals surface area contributed by atoms with Crippen LogP contribution in [0.1, 0.15) is 38.5 Å². The molecule has 10 heteroatoms. The number of rotatable bonds is 7. The quantitative estimate of drug-likeness (QED) is 0.563. The number of fused-ring (bicyclic) bond motifs is 1. The molecule has 3 aliphatic rings. The molecule has 35 heavy (non-hydrogen) atoms. The van der Waals surface area contributed by atoms with Crippen LogP contribution in [0.25, 0.3) is 10.1 Å². The molecule has 0 radical (unpaired) electrons. The summed E-state index contributed by atoms with van der Waals surface area (Å²) in [7, 11) is -2.33. The largest absolute Gasteiger partial charge is 0.337 e. The van der Waals surface area contributed by atoms with Crippen LogP contribution in [0.5, 0.6) is 0 Å². The summed E-state index contributed by atoms with van der Waals surface area (Å²) in [6.45, 7) is 4.38. The Kier molecular flexibility index (Phi) is 7.16. The van der Waals surface area contributed by atoms with E-state index in [0.717, 1.165) is 49.1 Å². The van der Waals surface area contributed by atoms with Crippen LogP contribution in [-0.2, 0) is 19.6 Å². The van der Waals surface area contributed by atoms with Gasteiger partial charge in [0.2, 0.25) is 11.8 Å². The van der Waals surface area contributed by atoms with Gasteiger partial charge in [-0.3, -0.25) is 9.59 Å². The molecule has 5 rings (SSSR count). The number of likely N-dealkylation sites (N-methyl/N-ethyl adjacent to an activating group) is 1. The molecule has 190 valence electrons. The molecule has 3 fully saturated rings. The van der Waals surface area contributed by atoms with E-state index in [1.165, 1.54) is 35.5 Å². The van der Waals surface area contributed by atoms with Gasteiger partial charge in [-0.2, -0.15) is 4.31 Å². The highest BCUT2D eigenvalue weighted by Crippen LogP contribution is 2.32. The Morgan fingerprint density at radius 1 is 1.06 bits per heavy atom. The van der Waals surface area contributed by atoms with E-state index in [4.69, 9.17) is 0 Å². The molecular weight excluding hydrogens is 484 g/mol. The second kappa shape index (κ2) is 10.2. The Bertz CT molecular complexity index is 1160. The number of likely N-dealkylation sites (tertiary alicyclic amines) is 3. The maximum absolute atomic E-state index is 13.4. The van der Waals surface area contributed by atoms with Crippen LogP contribution < -0.4 is 0 Å². The maximum Gasteiger partial charge on any atom is 0.253 e. The predicted molar refractivity (Wildman–Crippen MR) is 137 cm³/mol. The molecule has 0 saturated carbocycles. The number of piperidine rings is 1. The van der Waals surface area contributed by atoms with Crippen molar-refractivity contribution in [2.45, 2.75) is 54.8 Å². The van der Waals surface area contributed by atoms with Crippen LogP contribution in [-0.4, -0.2) is 97.6 Å². The first-order valence-corrected chi connectivity index (χ1v) is 14.9. The van der Waals surface area contributed by atoms with E-state index < -0.39 is 16.1 Å². The Morgan fingerprint density at radius 2 is 1.80 bits per heavy atom. The van der Waals surface area contributed by atoms with E-state index in [-0.39, 0.29) is 28.6 Å². The molecule has 0 aliphatic carbocycles. The molecule has 3 aliphatic heterocycles. The van der Waals surface area contributed by atoms with E-state index in [2.05, 4.69) is 4.90 Å². The molecule has 0 spiro atoms. The second-order valence-corrected chi connectivity index (χ2v) is 13.2. The summed E-state index contributed by atoms with van der Waals surface area (Å²) in [5.74, 6) is -0.289. The fourth-order valence-corrected chi connectivity index (χ4v) is 8.61. The number of amides is 2. The summed E-state index contributed by atoms with van der Waals surface area (Å²) in [5, 5.41) is 0.876. The Balaban J connectivity index is 1.26. The third-order valence-electron chi connectivity index (χ3n) is 7.67. The molecule has 2 unspecified atom stereocenters. The van der Waals surface area contributed by atoms with Crippen molar-refractivity contribution in [1.29, 1.82) is 0 Å². The van der Waals surface area contributed by atoms with Crippen molar-refractivity contribution in [3.05, 3.63) is 30.3 Å². The summed E-state index contributed by atoms with van der Waals surface area (Å²) in [6, 6.07) is 8.65. The van der Waals surface area contributed by atoms with Crippen LogP contribution >= 0.6 is 11.3 Å². The van der Waals surface area contributed by atoms with Gasteiger partial charge in [-0.05, 0) is 69.1 Å². The van der Waals surface area contributed by atoms with E-state index in [0.29, 0.717) is 19.4 Å². The number of sulfonamides is 1. The Morgan fingerprint density at radius 3 is 2.57 bits per heavy atom. The molecule has 8 nitrogen and oxygen atoms in total. The molecule has 2 atom stereocenters. The van der Waals surface area contributed by atoms with Gasteiger partial charge in [0, 0.05) is 37.4 Å². The standard InChI is InChI=1S/C25H34N4O4S2/c1-26(35(32,33)24-16-19-8-2-3-11-22(19)34-24)21-10-7-14-28(25(21)31)18-23(30)29-15-6-9-20(29)17-27-12-4-5-13-27/h2-3,8,11,16,20-21H,4-7,9-10,12-15,17-18H2,1H3. The minimum absolute atomic E-state index is 0.0179. The smallest absolute Gasteiger partial charge is 0.253 e. The number of carbonyl (C=O) groups excluding carboxylic acids is 2. The molecule has 0 bridgehead atoms. The first kappa shape index (κ1) is 24.7. The highest BCUT2D eigenvalue weighted by Gasteiger charge is 2.40. The molecule has 1 aromatic carbocycles. The average Bonchev–Trinajstić information content (AvgIpc) is 3.61. The first-order chi connectivity index (χ1) is 16.8. The van der Waals surface area contributed by atoms with Crippen molar-refractivity contribution >= 4 is 43.3 Å². The third-order valence-corrected chi connectivity index (χ3v) is 11.1. The second-order valence-electron chi connectivity index (χ2n) is 9.93. The van der Waals surface area contributed by atoms with Gasteiger partial charge in [0.05, 0.1) is 6.54 Å². The van der Waals surface area contributed by atoms with Crippen LogP contribution in [0.15, 0.2) is 34.5 Å². The number of carbonyl (C=O) groups is 2. The summed E-state index contributed by atoms with van der Waals surface area (Å²) in [4.78, 5) is 32.5. The molecule has 2 amide bonds. The predicted octanol–water partition coefficient (Wildman–Crippen LogP) is 2.60. The number of thiophene rings is 1. The summed E-state index contributed by atoms with van der Waals surface area (Å²) >= 11 is 1.22. The van der Waals surface area contributed by atoms with Crippen molar-refractivity contribution in [3.8, 4) is 0 Å². The lowest BCUT2D eigenvalue weighted by atomic mass is 10.0. The minimum atomic E-state index is -3.82. The normalized spacial score (nSPS) is 24.2. The molecule has 3 saturated heterocycles. The Labute approximate surface area is 211 Å². The minimum Gasteiger partial charge on any atom is -0.337 e. The van der Waals surface area contributed by atoms with E-state index >= 15 is 0 Å². The van der Waals surface area contributed by atoms with Gasteiger partial charge in [-0.1, -0.05) is 18.2 Å². The van der Waals surface area contributed by atoms with Crippen LogP contribution in [0.4, 0.5) is 0 Å². The average molecular weight is 519 g/mol. The van der Waals surface area contributed by atoms with Crippen molar-refractivity contribution in [2.24, 2.45) is 0 Å². The van der Waals surface area contributed by atoms with Crippen LogP contribution in [0.2, 0.25) is 0 Å². The van der Waals surface area contributed by atoms with Gasteiger partial charge < -0.3 is 14.7 Å². The maximum atomic E-state index is 13.4. The monoisotopic (exact) mass is 518 g/mol. The number of nitrogens with zero attached hydrogens (tertiary/aromatic N) is 4. The van der Waals surface area contributed by atoms with E-state index in [1.807, 2.05) is 29.2 Å². The molecule has 0 N–H and O–H groups in total. The van der Waals surface area contributed by atoms with Crippen molar-refractivity contribution in [2.75, 3.05) is 46.3 Å². The summed E-state index contributed by atoms with van der Waals surface area (Å²) in [5.41, 5.74) is 0. The highest BCUT2D eigenvalue weighted by atomic mass is 32.2. The van der Waals surface area contributed by atoms with Gasteiger partial charge in [0.25, 0.3) is 10.0 Å². The van der Waals surface area contributed by atoms with Crippen molar-refractivity contribution < 1.29 is 18.0 Å². The lowest BCUT2D eigenvalue weighted by Gasteiger charge is -2.37. The summed E-state index contributed by atoms with van der Waals surface area (Å²) in [6.07, 6.45) is 5.59. The van der Waals surface area contributed by atoms with Crippen molar-refractivity contribution in [3.63, 3.8) is 0 Å². The number of benzene rings is 1. The van der Waals surface area contributed by atoms with E-state index in [1.54, 1.807) is 11.0 Å². The van der Waals surface area contributed by atoms with Gasteiger partial charge in [-0.15, -0.1) is 11.3 Å². The Hall–Kier alpha value is -2.01. The van der Waals surface area contributed by atoms with Crippen LogP contribution in [0.3, 0.4) is 0 Å². The molecule has 1 aromatic heterocycles. The number of hydrogen-bond donors (Lipinski definition) is 0. The highest BCUT2D eigenvalue weighted by molar-refractivity contribution is 7.91. The molecular formula is C25H34N4O4S2. The van der Waals surface area contributed by atoms with Crippen LogP contribution in [0, 0.1) is 0 Å². The first-order valence-electron chi connectivity index (χ1n) is 12.6. The lowest BCUT2D eigenvalue weighted by Crippen LogP contribution is -2.55. The van der Waals surface area contributed by atoms with Gasteiger partial charge >= 0.3 is 0 Å². The fourth-order valence-electron chi connectivity index (χ4n) is 5.68. The fraction of sp³-hybridized carbons (Fsp3) is 0.600. The SMILES string of the molecule is CN(C1CCCN(CC(=O)N2CCCC2CN2CCCC2)C1=O)S(=O)(=O)c1cc2ccccc2s1. The molecule has 4 heterocycles. The van der Waals surface area contributed by atoms with Gasteiger partial charge in [0.1, 0.15) is 10.3 Å². The topological polar surface area (TPSA) is 81.2 Å². The van der Waals surface area contributed by atoms with E-state index in [9.17, 15) is 18.0 Å². The van der Waals surface area contributed by atoms with Gasteiger partial charge in [-0.25, -0.2) is 8.42 Å². The zero-order chi connectivity index (χ0) is 24.6. The van der Waals surface area contributed by atoms with Crippen molar-refractivity contribution in [1.82, 2.24) is 19.0 Å². The zero-order valence-electron chi connectivity index (χ0n) is 20.3. The summed E-state index contributed by atoms with van der Waals surface area (Å²) < 4.78 is 29.1. The zero-order valence-corrected chi connectivity index (χ0v) is 21.9. The number of hydrogen-bond acceptors (Lipinski definition) is 6. The molecule has 2 aromatic rings. The lowest BCUT2D eigenvalue weighted by molar-refractivity contribution is -0.145. The van der Waals surface area contributed by atoms with Gasteiger partial charge in [0.15, 0.2) is 0 Å².